The molecule has 0 saturated carbocycles. The molecule has 0 saturated heterocycles. The van der Waals surface area contributed by atoms with E-state index in [1.165, 1.54) is 0 Å². The summed E-state index contributed by atoms with van der Waals surface area (Å²) in [6.45, 7) is 3.59. The molecule has 1 nitrogen and oxygen atoms in total. The van der Waals surface area contributed by atoms with E-state index in [0.717, 1.165) is 11.1 Å². The van der Waals surface area contributed by atoms with E-state index in [-0.39, 0.29) is 6.61 Å². The monoisotopic (exact) mass is 194 g/mol. The Labute approximate surface area is 83.0 Å². The number of halogens is 1. The molecule has 0 radical (unpaired) electrons. The quantitative estimate of drug-likeness (QED) is 0.734. The largest absolute Gasteiger partial charge is 0.392 e. The first-order chi connectivity index (χ1) is 6.27. The second-order valence-corrected chi connectivity index (χ2v) is 3.03. The van der Waals surface area contributed by atoms with Gasteiger partial charge in [0.2, 0.25) is 0 Å². The Morgan fingerprint density at radius 3 is 2.85 bits per heavy atom. The van der Waals surface area contributed by atoms with Crippen LogP contribution < -0.4 is 0 Å². The highest BCUT2D eigenvalue weighted by Crippen LogP contribution is 2.17. The number of hydrogen-bond acceptors (Lipinski definition) is 1. The van der Waals surface area contributed by atoms with Crippen molar-refractivity contribution in [3.05, 3.63) is 53.1 Å². The van der Waals surface area contributed by atoms with Crippen molar-refractivity contribution < 1.29 is 5.11 Å². The van der Waals surface area contributed by atoms with Crippen LogP contribution in [0.15, 0.2) is 36.9 Å². The molecule has 0 atom stereocenters. The maximum atomic E-state index is 9.01. The van der Waals surface area contributed by atoms with Gasteiger partial charge < -0.3 is 5.11 Å². The molecule has 0 bridgehead atoms. The van der Waals surface area contributed by atoms with Gasteiger partial charge in [-0.05, 0) is 23.3 Å². The summed E-state index contributed by atoms with van der Waals surface area (Å²) in [4.78, 5) is 0. The smallest absolute Gasteiger partial charge is 0.0687 e. The third kappa shape index (κ3) is 2.72. The lowest BCUT2D eigenvalue weighted by Gasteiger charge is -2.02. The summed E-state index contributed by atoms with van der Waals surface area (Å²) in [5.41, 5.74) is 1.79. The summed E-state index contributed by atoms with van der Waals surface area (Å²) < 4.78 is 0. The number of rotatable bonds is 3. The van der Waals surface area contributed by atoms with Crippen LogP contribution in [-0.2, 0) is 6.61 Å². The van der Waals surface area contributed by atoms with E-state index in [0.29, 0.717) is 5.02 Å². The Morgan fingerprint density at radius 1 is 1.46 bits per heavy atom. The van der Waals surface area contributed by atoms with Gasteiger partial charge in [-0.3, -0.25) is 0 Å². The average molecular weight is 195 g/mol. The fraction of sp³-hybridized carbons (Fsp3) is 0.0909. The molecule has 0 aliphatic carbocycles. The van der Waals surface area contributed by atoms with Gasteiger partial charge >= 0.3 is 0 Å². The SMILES string of the molecule is C=C/C=C/c1cc(Cl)ccc1CO. The molecule has 2 heteroatoms. The first kappa shape index (κ1) is 10.0. The Balaban J connectivity index is 3.07. The van der Waals surface area contributed by atoms with Gasteiger partial charge in [0.1, 0.15) is 0 Å². The maximum absolute atomic E-state index is 9.01. The predicted molar refractivity (Wildman–Crippen MR) is 56.6 cm³/mol. The molecule has 1 aromatic rings. The molecule has 0 spiro atoms. The first-order valence-electron chi connectivity index (χ1n) is 3.96. The van der Waals surface area contributed by atoms with E-state index in [4.69, 9.17) is 16.7 Å². The lowest BCUT2D eigenvalue weighted by atomic mass is 10.1. The van der Waals surface area contributed by atoms with Crippen molar-refractivity contribution in [2.45, 2.75) is 6.61 Å². The van der Waals surface area contributed by atoms with Crippen molar-refractivity contribution >= 4 is 17.7 Å². The van der Waals surface area contributed by atoms with Crippen LogP contribution >= 0.6 is 11.6 Å². The summed E-state index contributed by atoms with van der Waals surface area (Å²) in [6.07, 6.45) is 5.36. The first-order valence-corrected chi connectivity index (χ1v) is 4.34. The van der Waals surface area contributed by atoms with Gasteiger partial charge in [0.05, 0.1) is 6.61 Å². The highest BCUT2D eigenvalue weighted by molar-refractivity contribution is 6.30. The summed E-state index contributed by atoms with van der Waals surface area (Å²) in [7, 11) is 0. The van der Waals surface area contributed by atoms with Gasteiger partial charge in [0, 0.05) is 5.02 Å². The van der Waals surface area contributed by atoms with Crippen LogP contribution in [0.25, 0.3) is 6.08 Å². The third-order valence-corrected chi connectivity index (χ3v) is 1.93. The van der Waals surface area contributed by atoms with E-state index in [2.05, 4.69) is 6.58 Å². The standard InChI is InChI=1S/C11H11ClO/c1-2-3-4-9-7-11(12)6-5-10(9)8-13/h2-7,13H,1,8H2/b4-3+. The number of hydrogen-bond donors (Lipinski definition) is 1. The lowest BCUT2D eigenvalue weighted by Crippen LogP contribution is -1.87. The number of aliphatic hydroxyl groups is 1. The molecule has 0 amide bonds. The van der Waals surface area contributed by atoms with E-state index < -0.39 is 0 Å². The molecule has 0 aliphatic heterocycles. The van der Waals surface area contributed by atoms with Crippen LogP contribution in [0.4, 0.5) is 0 Å². The predicted octanol–water partition coefficient (Wildman–Crippen LogP) is 3.03. The van der Waals surface area contributed by atoms with Crippen LogP contribution in [0.2, 0.25) is 5.02 Å². The maximum Gasteiger partial charge on any atom is 0.0687 e. The summed E-state index contributed by atoms with van der Waals surface area (Å²) in [5.74, 6) is 0. The Hall–Kier alpha value is -1.05. The van der Waals surface area contributed by atoms with Crippen molar-refractivity contribution in [1.29, 1.82) is 0 Å². The van der Waals surface area contributed by atoms with Crippen LogP contribution in [0.1, 0.15) is 11.1 Å². The van der Waals surface area contributed by atoms with Gasteiger partial charge in [0.25, 0.3) is 0 Å². The van der Waals surface area contributed by atoms with Gasteiger partial charge in [-0.2, -0.15) is 0 Å². The molecule has 0 aliphatic rings. The molecule has 1 N–H and O–H groups in total. The zero-order valence-corrected chi connectivity index (χ0v) is 7.96. The number of benzene rings is 1. The van der Waals surface area contributed by atoms with E-state index in [1.54, 1.807) is 12.1 Å². The minimum atomic E-state index is 0.0218. The van der Waals surface area contributed by atoms with Gasteiger partial charge in [-0.25, -0.2) is 0 Å². The highest BCUT2D eigenvalue weighted by atomic mass is 35.5. The van der Waals surface area contributed by atoms with Gasteiger partial charge in [-0.15, -0.1) is 0 Å². The molecule has 0 unspecified atom stereocenters. The summed E-state index contributed by atoms with van der Waals surface area (Å²) >= 11 is 5.81. The average Bonchev–Trinajstić information content (AvgIpc) is 2.15. The topological polar surface area (TPSA) is 20.2 Å². The minimum Gasteiger partial charge on any atom is -0.392 e. The van der Waals surface area contributed by atoms with Crippen LogP contribution in [0, 0.1) is 0 Å². The zero-order valence-electron chi connectivity index (χ0n) is 7.20. The normalized spacial score (nSPS) is 10.6. The third-order valence-electron chi connectivity index (χ3n) is 1.69. The van der Waals surface area contributed by atoms with E-state index >= 15 is 0 Å². The molecule has 1 rings (SSSR count). The van der Waals surface area contributed by atoms with Crippen LogP contribution in [-0.4, -0.2) is 5.11 Å². The van der Waals surface area contributed by atoms with E-state index in [1.807, 2.05) is 24.3 Å². The number of allylic oxidation sites excluding steroid dienone is 2. The van der Waals surface area contributed by atoms with Gasteiger partial charge in [-0.1, -0.05) is 42.5 Å². The fourth-order valence-electron chi connectivity index (χ4n) is 1.04. The molecule has 1 aromatic carbocycles. The second kappa shape index (κ2) is 4.85. The molecule has 0 heterocycles. The van der Waals surface area contributed by atoms with Crippen molar-refractivity contribution in [1.82, 2.24) is 0 Å². The fourth-order valence-corrected chi connectivity index (χ4v) is 1.22. The summed E-state index contributed by atoms with van der Waals surface area (Å²) in [5, 5.41) is 9.67. The Morgan fingerprint density at radius 2 is 2.23 bits per heavy atom. The highest BCUT2D eigenvalue weighted by Gasteiger charge is 1.98. The Kier molecular flexibility index (Phi) is 3.74. The Bertz CT molecular complexity index is 329. The molecule has 0 fully saturated rings. The molecule has 68 valence electrons. The van der Waals surface area contributed by atoms with Crippen molar-refractivity contribution in [2.75, 3.05) is 0 Å². The van der Waals surface area contributed by atoms with Crippen molar-refractivity contribution in [3.63, 3.8) is 0 Å². The minimum absolute atomic E-state index is 0.0218. The number of aliphatic hydroxyl groups excluding tert-OH is 1. The molecular formula is C11H11ClO. The molecular weight excluding hydrogens is 184 g/mol. The lowest BCUT2D eigenvalue weighted by molar-refractivity contribution is 0.281. The molecule has 0 aromatic heterocycles. The van der Waals surface area contributed by atoms with Crippen molar-refractivity contribution in [2.24, 2.45) is 0 Å². The van der Waals surface area contributed by atoms with Crippen LogP contribution in [0.3, 0.4) is 0 Å². The van der Waals surface area contributed by atoms with Crippen LogP contribution in [0.5, 0.6) is 0 Å². The van der Waals surface area contributed by atoms with Gasteiger partial charge in [0.15, 0.2) is 0 Å². The summed E-state index contributed by atoms with van der Waals surface area (Å²) in [6, 6.07) is 5.39. The second-order valence-electron chi connectivity index (χ2n) is 2.60. The van der Waals surface area contributed by atoms with E-state index in [9.17, 15) is 0 Å². The molecule has 13 heavy (non-hydrogen) atoms. The van der Waals surface area contributed by atoms with Crippen molar-refractivity contribution in [3.8, 4) is 0 Å². The zero-order chi connectivity index (χ0) is 9.68.